The van der Waals surface area contributed by atoms with Crippen molar-refractivity contribution >= 4 is 16.9 Å². The van der Waals surface area contributed by atoms with Crippen molar-refractivity contribution in [2.75, 3.05) is 6.54 Å². The van der Waals surface area contributed by atoms with Crippen LogP contribution in [0.4, 0.5) is 0 Å². The zero-order chi connectivity index (χ0) is 12.0. The molecule has 0 atom stereocenters. The Bertz CT molecular complexity index is 649. The maximum Gasteiger partial charge on any atom is 0.417 e. The first-order chi connectivity index (χ1) is 8.14. The van der Waals surface area contributed by atoms with Crippen LogP contribution in [0.3, 0.4) is 0 Å². The summed E-state index contributed by atoms with van der Waals surface area (Å²) in [6.07, 6.45) is 1.70. The van der Waals surface area contributed by atoms with E-state index in [0.717, 1.165) is 12.8 Å². The molecule has 0 aliphatic heterocycles. The van der Waals surface area contributed by atoms with Crippen LogP contribution < -0.4 is 11.5 Å². The molecule has 0 saturated heterocycles. The van der Waals surface area contributed by atoms with Crippen molar-refractivity contribution in [2.24, 2.45) is 11.1 Å². The molecule has 0 spiro atoms. The van der Waals surface area contributed by atoms with Gasteiger partial charge in [0.2, 0.25) is 0 Å². The third-order valence-electron chi connectivity index (χ3n) is 3.41. The molecule has 1 saturated carbocycles. The van der Waals surface area contributed by atoms with Crippen LogP contribution in [0, 0.1) is 5.41 Å². The average Bonchev–Trinajstić information content (AvgIpc) is 3.03. The van der Waals surface area contributed by atoms with Gasteiger partial charge in [0, 0.05) is 17.5 Å². The fourth-order valence-electron chi connectivity index (χ4n) is 2.07. The number of ketones is 1. The van der Waals surface area contributed by atoms with Gasteiger partial charge < -0.3 is 10.2 Å². The topological polar surface area (TPSA) is 89.1 Å². The highest BCUT2D eigenvalue weighted by Crippen LogP contribution is 2.47. The summed E-state index contributed by atoms with van der Waals surface area (Å²) in [6.45, 7) is 0.381. The Labute approximate surface area is 96.6 Å². The highest BCUT2D eigenvalue weighted by Gasteiger charge is 2.48. The van der Waals surface area contributed by atoms with E-state index in [-0.39, 0.29) is 11.2 Å². The molecule has 88 valence electrons. The van der Waals surface area contributed by atoms with E-state index in [9.17, 15) is 9.59 Å². The quantitative estimate of drug-likeness (QED) is 0.774. The Hall–Kier alpha value is -1.88. The number of hydrogen-bond donors (Lipinski definition) is 2. The second-order valence-electron chi connectivity index (χ2n) is 4.54. The molecule has 0 bridgehead atoms. The molecular weight excluding hydrogens is 220 g/mol. The lowest BCUT2D eigenvalue weighted by Gasteiger charge is -2.10. The van der Waals surface area contributed by atoms with Gasteiger partial charge in [0.25, 0.3) is 0 Å². The molecular formula is C12H12N2O3. The van der Waals surface area contributed by atoms with Crippen LogP contribution in [0.5, 0.6) is 0 Å². The van der Waals surface area contributed by atoms with Gasteiger partial charge in [-0.1, -0.05) is 0 Å². The molecule has 5 nitrogen and oxygen atoms in total. The van der Waals surface area contributed by atoms with Crippen molar-refractivity contribution in [2.45, 2.75) is 12.8 Å². The van der Waals surface area contributed by atoms with Gasteiger partial charge in [-0.15, -0.1) is 0 Å². The number of rotatable bonds is 3. The number of Topliss-reactive ketones (excluding diaryl/α,β-unsaturated/α-hetero) is 1. The maximum absolute atomic E-state index is 12.2. The Morgan fingerprint density at radius 3 is 2.88 bits per heavy atom. The summed E-state index contributed by atoms with van der Waals surface area (Å²) >= 11 is 0. The Kier molecular flexibility index (Phi) is 2.00. The molecule has 5 heteroatoms. The van der Waals surface area contributed by atoms with Gasteiger partial charge in [-0.2, -0.15) is 0 Å². The summed E-state index contributed by atoms with van der Waals surface area (Å²) in [6, 6.07) is 4.96. The number of aromatic nitrogens is 1. The molecule has 17 heavy (non-hydrogen) atoms. The fraction of sp³-hybridized carbons (Fsp3) is 0.333. The minimum atomic E-state index is -0.510. The number of H-pyrrole nitrogens is 1. The van der Waals surface area contributed by atoms with Crippen LogP contribution in [0.1, 0.15) is 23.2 Å². The molecule has 1 aromatic heterocycles. The molecule has 1 aromatic carbocycles. The van der Waals surface area contributed by atoms with E-state index in [2.05, 4.69) is 4.98 Å². The smallest absolute Gasteiger partial charge is 0.408 e. The van der Waals surface area contributed by atoms with Crippen molar-refractivity contribution in [1.82, 2.24) is 4.98 Å². The van der Waals surface area contributed by atoms with Crippen LogP contribution in [-0.2, 0) is 0 Å². The van der Waals surface area contributed by atoms with E-state index >= 15 is 0 Å². The van der Waals surface area contributed by atoms with Crippen molar-refractivity contribution in [3.63, 3.8) is 0 Å². The summed E-state index contributed by atoms with van der Waals surface area (Å²) in [4.78, 5) is 25.8. The number of carbonyl (C=O) groups excluding carboxylic acids is 1. The lowest BCUT2D eigenvalue weighted by Crippen LogP contribution is -2.25. The molecule has 0 radical (unpaired) electrons. The van der Waals surface area contributed by atoms with Crippen LogP contribution in [0.25, 0.3) is 11.1 Å². The molecule has 1 aliphatic rings. The number of carbonyl (C=O) groups is 1. The van der Waals surface area contributed by atoms with Crippen LogP contribution in [0.15, 0.2) is 27.4 Å². The van der Waals surface area contributed by atoms with E-state index in [1.807, 2.05) is 0 Å². The summed E-state index contributed by atoms with van der Waals surface area (Å²) in [5, 5.41) is 0. The van der Waals surface area contributed by atoms with Crippen molar-refractivity contribution < 1.29 is 9.21 Å². The minimum absolute atomic E-state index is 0.0592. The second-order valence-corrected chi connectivity index (χ2v) is 4.54. The van der Waals surface area contributed by atoms with Crippen molar-refractivity contribution in [3.05, 3.63) is 34.3 Å². The van der Waals surface area contributed by atoms with Crippen LogP contribution >= 0.6 is 0 Å². The van der Waals surface area contributed by atoms with Gasteiger partial charge in [0.15, 0.2) is 11.4 Å². The molecule has 0 amide bonds. The summed E-state index contributed by atoms with van der Waals surface area (Å²) in [5.74, 6) is -0.450. The lowest BCUT2D eigenvalue weighted by molar-refractivity contribution is 0.0906. The van der Waals surface area contributed by atoms with Crippen LogP contribution in [0.2, 0.25) is 0 Å². The third-order valence-corrected chi connectivity index (χ3v) is 3.41. The van der Waals surface area contributed by atoms with Crippen molar-refractivity contribution in [1.29, 1.82) is 0 Å². The predicted molar refractivity (Wildman–Crippen MR) is 61.9 cm³/mol. The molecule has 1 fully saturated rings. The third kappa shape index (κ3) is 1.51. The molecule has 1 heterocycles. The first kappa shape index (κ1) is 10.3. The van der Waals surface area contributed by atoms with E-state index < -0.39 is 5.76 Å². The average molecular weight is 232 g/mol. The van der Waals surface area contributed by atoms with Gasteiger partial charge >= 0.3 is 5.76 Å². The number of hydrogen-bond acceptors (Lipinski definition) is 4. The number of nitrogens with two attached hydrogens (primary N) is 1. The fourth-order valence-corrected chi connectivity index (χ4v) is 2.07. The summed E-state index contributed by atoms with van der Waals surface area (Å²) in [7, 11) is 0. The SMILES string of the molecule is NCC1(C(=O)c2ccc3oc(=O)[nH]c3c2)CC1. The zero-order valence-electron chi connectivity index (χ0n) is 9.16. The molecule has 3 N–H and O–H groups in total. The standard InChI is InChI=1S/C12H12N2O3/c13-6-12(3-4-12)10(15)7-1-2-9-8(5-7)14-11(16)17-9/h1-2,5H,3-4,6,13H2,(H,14,16). The van der Waals surface area contributed by atoms with Gasteiger partial charge in [-0.05, 0) is 31.0 Å². The molecule has 2 aromatic rings. The first-order valence-corrected chi connectivity index (χ1v) is 5.52. The Morgan fingerprint density at radius 1 is 1.47 bits per heavy atom. The van der Waals surface area contributed by atoms with E-state index in [4.69, 9.17) is 10.2 Å². The molecule has 3 rings (SSSR count). The van der Waals surface area contributed by atoms with Gasteiger partial charge in [-0.25, -0.2) is 4.79 Å². The highest BCUT2D eigenvalue weighted by molar-refractivity contribution is 6.04. The number of aromatic amines is 1. The number of oxazole rings is 1. The van der Waals surface area contributed by atoms with E-state index in [1.165, 1.54) is 0 Å². The summed E-state index contributed by atoms with van der Waals surface area (Å²) in [5.41, 5.74) is 6.86. The monoisotopic (exact) mass is 232 g/mol. The Balaban J connectivity index is 2.06. The largest absolute Gasteiger partial charge is 0.417 e. The zero-order valence-corrected chi connectivity index (χ0v) is 9.16. The van der Waals surface area contributed by atoms with E-state index in [0.29, 0.717) is 23.2 Å². The first-order valence-electron chi connectivity index (χ1n) is 5.52. The van der Waals surface area contributed by atoms with Gasteiger partial charge in [-0.3, -0.25) is 9.78 Å². The Morgan fingerprint density at radius 2 is 2.24 bits per heavy atom. The number of fused-ring (bicyclic) bond motifs is 1. The maximum atomic E-state index is 12.2. The normalized spacial score (nSPS) is 17.2. The van der Waals surface area contributed by atoms with Crippen molar-refractivity contribution in [3.8, 4) is 0 Å². The predicted octanol–water partition coefficient (Wildman–Crippen LogP) is 1.04. The molecule has 0 unspecified atom stereocenters. The highest BCUT2D eigenvalue weighted by atomic mass is 16.4. The van der Waals surface area contributed by atoms with E-state index in [1.54, 1.807) is 18.2 Å². The minimum Gasteiger partial charge on any atom is -0.408 e. The lowest BCUT2D eigenvalue weighted by atomic mass is 9.95. The number of nitrogens with one attached hydrogen (secondary N) is 1. The summed E-state index contributed by atoms with van der Waals surface area (Å²) < 4.78 is 4.88. The van der Waals surface area contributed by atoms with Gasteiger partial charge in [0.05, 0.1) is 5.52 Å². The second kappa shape index (κ2) is 3.30. The van der Waals surface area contributed by atoms with Crippen LogP contribution in [-0.4, -0.2) is 17.3 Å². The van der Waals surface area contributed by atoms with Gasteiger partial charge in [0.1, 0.15) is 0 Å². The molecule has 1 aliphatic carbocycles. The number of benzene rings is 1.